The highest BCUT2D eigenvalue weighted by Gasteiger charge is 2.25. The standard InChI is InChI=1S/C16H26N2O/c1-13(2)19-16-8-4-14(5-9-16)12-17-10-11-18(3)15-6-7-15/h4-5,8-9,13,15,17H,6-7,10-12H2,1-3H3. The van der Waals surface area contributed by atoms with Gasteiger partial charge in [-0.3, -0.25) is 0 Å². The summed E-state index contributed by atoms with van der Waals surface area (Å²) in [5.41, 5.74) is 1.31. The largest absolute Gasteiger partial charge is 0.491 e. The summed E-state index contributed by atoms with van der Waals surface area (Å²) in [7, 11) is 2.22. The minimum Gasteiger partial charge on any atom is -0.491 e. The minimum absolute atomic E-state index is 0.238. The van der Waals surface area contributed by atoms with Gasteiger partial charge in [0.05, 0.1) is 6.10 Å². The van der Waals surface area contributed by atoms with Crippen LogP contribution < -0.4 is 10.1 Å². The quantitative estimate of drug-likeness (QED) is 0.729. The van der Waals surface area contributed by atoms with Gasteiger partial charge in [-0.05, 0) is 51.4 Å². The van der Waals surface area contributed by atoms with Crippen LogP contribution in [-0.2, 0) is 6.54 Å². The molecule has 1 aromatic rings. The fourth-order valence-electron chi connectivity index (χ4n) is 2.14. The number of hydrogen-bond donors (Lipinski definition) is 1. The number of nitrogens with one attached hydrogen (secondary N) is 1. The van der Waals surface area contributed by atoms with Gasteiger partial charge in [0.25, 0.3) is 0 Å². The fourth-order valence-corrected chi connectivity index (χ4v) is 2.14. The Morgan fingerprint density at radius 3 is 2.53 bits per heavy atom. The molecule has 0 unspecified atom stereocenters. The van der Waals surface area contributed by atoms with Gasteiger partial charge in [-0.2, -0.15) is 0 Å². The van der Waals surface area contributed by atoms with Crippen LogP contribution in [0.5, 0.6) is 5.75 Å². The van der Waals surface area contributed by atoms with Crippen LogP contribution in [0.1, 0.15) is 32.3 Å². The first-order valence-corrected chi connectivity index (χ1v) is 7.31. The molecule has 1 aliphatic carbocycles. The van der Waals surface area contributed by atoms with Crippen LogP contribution in [0.3, 0.4) is 0 Å². The lowest BCUT2D eigenvalue weighted by Gasteiger charge is -2.15. The Bertz CT molecular complexity index is 371. The summed E-state index contributed by atoms with van der Waals surface area (Å²) in [5, 5.41) is 3.49. The van der Waals surface area contributed by atoms with Gasteiger partial charge in [-0.25, -0.2) is 0 Å². The molecule has 0 atom stereocenters. The first-order chi connectivity index (χ1) is 9.15. The number of benzene rings is 1. The smallest absolute Gasteiger partial charge is 0.119 e. The summed E-state index contributed by atoms with van der Waals surface area (Å²) in [6.07, 6.45) is 3.00. The second-order valence-corrected chi connectivity index (χ2v) is 5.70. The van der Waals surface area contributed by atoms with Gasteiger partial charge in [0.2, 0.25) is 0 Å². The Morgan fingerprint density at radius 2 is 1.95 bits per heavy atom. The highest BCUT2D eigenvalue weighted by Crippen LogP contribution is 2.24. The van der Waals surface area contributed by atoms with Crippen LogP contribution in [0.2, 0.25) is 0 Å². The molecule has 106 valence electrons. The van der Waals surface area contributed by atoms with E-state index in [9.17, 15) is 0 Å². The van der Waals surface area contributed by atoms with Crippen molar-refractivity contribution in [2.45, 2.75) is 45.4 Å². The van der Waals surface area contributed by atoms with E-state index in [2.05, 4.69) is 29.4 Å². The third-order valence-corrected chi connectivity index (χ3v) is 3.44. The zero-order valence-corrected chi connectivity index (χ0v) is 12.4. The average Bonchev–Trinajstić information content (AvgIpc) is 3.20. The van der Waals surface area contributed by atoms with E-state index < -0.39 is 0 Å². The second-order valence-electron chi connectivity index (χ2n) is 5.70. The van der Waals surface area contributed by atoms with E-state index in [1.54, 1.807) is 0 Å². The molecule has 0 radical (unpaired) electrons. The van der Waals surface area contributed by atoms with Crippen LogP contribution in [0, 0.1) is 0 Å². The van der Waals surface area contributed by atoms with Crippen LogP contribution in [0.25, 0.3) is 0 Å². The van der Waals surface area contributed by atoms with Crippen molar-refractivity contribution < 1.29 is 4.74 Å². The lowest BCUT2D eigenvalue weighted by atomic mass is 10.2. The van der Waals surface area contributed by atoms with E-state index in [4.69, 9.17) is 4.74 Å². The normalized spacial score (nSPS) is 15.2. The predicted octanol–water partition coefficient (Wildman–Crippen LogP) is 2.66. The lowest BCUT2D eigenvalue weighted by molar-refractivity contribution is 0.242. The van der Waals surface area contributed by atoms with Crippen molar-refractivity contribution in [1.82, 2.24) is 10.2 Å². The SMILES string of the molecule is CC(C)Oc1ccc(CNCCN(C)C2CC2)cc1. The molecule has 0 aromatic heterocycles. The Kier molecular flexibility index (Phi) is 5.23. The summed E-state index contributed by atoms with van der Waals surface area (Å²) in [6.45, 7) is 7.22. The molecule has 0 bridgehead atoms. The second kappa shape index (κ2) is 6.92. The molecule has 1 fully saturated rings. The Morgan fingerprint density at radius 1 is 1.26 bits per heavy atom. The van der Waals surface area contributed by atoms with Crippen LogP contribution >= 0.6 is 0 Å². The van der Waals surface area contributed by atoms with Crippen molar-refractivity contribution in [1.29, 1.82) is 0 Å². The molecule has 3 heteroatoms. The van der Waals surface area contributed by atoms with E-state index in [-0.39, 0.29) is 6.10 Å². The maximum absolute atomic E-state index is 5.63. The molecule has 0 saturated heterocycles. The zero-order chi connectivity index (χ0) is 13.7. The molecular formula is C16H26N2O. The summed E-state index contributed by atoms with van der Waals surface area (Å²) in [4.78, 5) is 2.45. The topological polar surface area (TPSA) is 24.5 Å². The van der Waals surface area contributed by atoms with E-state index in [1.807, 2.05) is 26.0 Å². The molecule has 3 nitrogen and oxygen atoms in total. The zero-order valence-electron chi connectivity index (χ0n) is 12.4. The van der Waals surface area contributed by atoms with E-state index in [0.717, 1.165) is 31.4 Å². The van der Waals surface area contributed by atoms with Crippen LogP contribution in [-0.4, -0.2) is 37.2 Å². The van der Waals surface area contributed by atoms with Crippen LogP contribution in [0.4, 0.5) is 0 Å². The number of rotatable bonds is 8. The van der Waals surface area contributed by atoms with Crippen molar-refractivity contribution in [3.63, 3.8) is 0 Å². The van der Waals surface area contributed by atoms with Crippen molar-refractivity contribution in [3.05, 3.63) is 29.8 Å². The maximum Gasteiger partial charge on any atom is 0.119 e. The third kappa shape index (κ3) is 5.21. The Labute approximate surface area is 116 Å². The highest BCUT2D eigenvalue weighted by molar-refractivity contribution is 5.27. The fraction of sp³-hybridized carbons (Fsp3) is 0.625. The average molecular weight is 262 g/mol. The van der Waals surface area contributed by atoms with Gasteiger partial charge in [0.1, 0.15) is 5.75 Å². The lowest BCUT2D eigenvalue weighted by Crippen LogP contribution is -2.30. The molecule has 1 aromatic carbocycles. The van der Waals surface area contributed by atoms with Crippen molar-refractivity contribution in [3.8, 4) is 5.75 Å². The number of likely N-dealkylation sites (N-methyl/N-ethyl adjacent to an activating group) is 1. The number of nitrogens with zero attached hydrogens (tertiary/aromatic N) is 1. The molecule has 19 heavy (non-hydrogen) atoms. The molecule has 1 saturated carbocycles. The molecule has 0 amide bonds. The molecule has 2 rings (SSSR count). The van der Waals surface area contributed by atoms with E-state index >= 15 is 0 Å². The molecule has 1 N–H and O–H groups in total. The summed E-state index contributed by atoms with van der Waals surface area (Å²) in [5.74, 6) is 0.951. The molecule has 0 aliphatic heterocycles. The number of ether oxygens (including phenoxy) is 1. The van der Waals surface area contributed by atoms with E-state index in [1.165, 1.54) is 18.4 Å². The monoisotopic (exact) mass is 262 g/mol. The first-order valence-electron chi connectivity index (χ1n) is 7.31. The van der Waals surface area contributed by atoms with Crippen molar-refractivity contribution in [2.75, 3.05) is 20.1 Å². The minimum atomic E-state index is 0.238. The molecule has 0 spiro atoms. The van der Waals surface area contributed by atoms with Gasteiger partial charge in [-0.1, -0.05) is 12.1 Å². The van der Waals surface area contributed by atoms with Gasteiger partial charge < -0.3 is 15.0 Å². The van der Waals surface area contributed by atoms with Gasteiger partial charge in [-0.15, -0.1) is 0 Å². The molecule has 0 heterocycles. The molecule has 1 aliphatic rings. The Hall–Kier alpha value is -1.06. The summed E-state index contributed by atoms with van der Waals surface area (Å²) >= 11 is 0. The van der Waals surface area contributed by atoms with Gasteiger partial charge >= 0.3 is 0 Å². The van der Waals surface area contributed by atoms with E-state index in [0.29, 0.717) is 0 Å². The van der Waals surface area contributed by atoms with Gasteiger partial charge in [0, 0.05) is 25.7 Å². The first kappa shape index (κ1) is 14.4. The van der Waals surface area contributed by atoms with Gasteiger partial charge in [0.15, 0.2) is 0 Å². The van der Waals surface area contributed by atoms with Crippen molar-refractivity contribution >= 4 is 0 Å². The van der Waals surface area contributed by atoms with Crippen molar-refractivity contribution in [2.24, 2.45) is 0 Å². The number of hydrogen-bond acceptors (Lipinski definition) is 3. The summed E-state index contributed by atoms with van der Waals surface area (Å²) < 4.78 is 5.63. The Balaban J connectivity index is 1.64. The molecular weight excluding hydrogens is 236 g/mol. The summed E-state index contributed by atoms with van der Waals surface area (Å²) in [6, 6.07) is 9.22. The van der Waals surface area contributed by atoms with Crippen LogP contribution in [0.15, 0.2) is 24.3 Å². The predicted molar refractivity (Wildman–Crippen MR) is 79.6 cm³/mol. The maximum atomic E-state index is 5.63. The third-order valence-electron chi connectivity index (χ3n) is 3.44. The highest BCUT2D eigenvalue weighted by atomic mass is 16.5.